The van der Waals surface area contributed by atoms with E-state index < -0.39 is 11.1 Å². The Bertz CT molecular complexity index is 306. The molecule has 0 spiro atoms. The molecule has 0 aromatic carbocycles. The maximum absolute atomic E-state index is 10.7. The first-order valence-electron chi connectivity index (χ1n) is 3.84. The van der Waals surface area contributed by atoms with E-state index in [2.05, 4.69) is 0 Å². The third-order valence-electron chi connectivity index (χ3n) is 1.70. The Morgan fingerprint density at radius 2 is 2.38 bits per heavy atom. The Hall–Kier alpha value is -0.230. The highest BCUT2D eigenvalue weighted by molar-refractivity contribution is 7.81. The van der Waals surface area contributed by atoms with Crippen LogP contribution >= 0.6 is 11.3 Å². The van der Waals surface area contributed by atoms with Gasteiger partial charge in [0.05, 0.1) is 6.61 Å². The molecule has 1 aromatic heterocycles. The first kappa shape index (κ1) is 10.8. The van der Waals surface area contributed by atoms with Crippen molar-refractivity contribution in [3.8, 4) is 0 Å². The number of hydrogen-bond donors (Lipinski definition) is 1. The summed E-state index contributed by atoms with van der Waals surface area (Å²) in [4.78, 5) is 1.12. The van der Waals surface area contributed by atoms with Crippen molar-refractivity contribution in [1.82, 2.24) is 0 Å². The molecule has 0 aliphatic rings. The Labute approximate surface area is 84.0 Å². The fourth-order valence-corrected chi connectivity index (χ4v) is 2.77. The van der Waals surface area contributed by atoms with Crippen LogP contribution < -0.4 is 0 Å². The van der Waals surface area contributed by atoms with Gasteiger partial charge in [-0.25, -0.2) is 4.21 Å². The maximum atomic E-state index is 10.7. The second kappa shape index (κ2) is 4.85. The van der Waals surface area contributed by atoms with E-state index in [0.29, 0.717) is 10.8 Å². The quantitative estimate of drug-likeness (QED) is 0.787. The highest BCUT2D eigenvalue weighted by Gasteiger charge is 2.08. The summed E-state index contributed by atoms with van der Waals surface area (Å²) in [5, 5.41) is 0. The van der Waals surface area contributed by atoms with Crippen molar-refractivity contribution in [2.75, 3.05) is 13.7 Å². The molecule has 0 saturated carbocycles. The second-order valence-electron chi connectivity index (χ2n) is 2.66. The molecule has 0 aliphatic heterocycles. The highest BCUT2D eigenvalue weighted by Crippen LogP contribution is 2.24. The third kappa shape index (κ3) is 2.87. The van der Waals surface area contributed by atoms with Gasteiger partial charge in [-0.05, 0) is 18.6 Å². The third-order valence-corrected chi connectivity index (χ3v) is 3.93. The van der Waals surface area contributed by atoms with Gasteiger partial charge in [0.1, 0.15) is 4.21 Å². The molecule has 1 heterocycles. The molecule has 0 bridgehead atoms. The van der Waals surface area contributed by atoms with E-state index in [9.17, 15) is 4.21 Å². The standard InChI is InChI=1S/C8H12O3S2/c1-6-5-8(13(9)10)12-7(6)3-4-11-2/h5H,3-4H2,1-2H3,(H,9,10). The van der Waals surface area contributed by atoms with Crippen molar-refractivity contribution in [2.45, 2.75) is 17.6 Å². The first-order chi connectivity index (χ1) is 6.15. The smallest absolute Gasteiger partial charge is 0.196 e. The van der Waals surface area contributed by atoms with E-state index in [1.54, 1.807) is 13.2 Å². The average molecular weight is 220 g/mol. The van der Waals surface area contributed by atoms with Crippen molar-refractivity contribution in [3.05, 3.63) is 16.5 Å². The minimum atomic E-state index is -1.85. The summed E-state index contributed by atoms with van der Waals surface area (Å²) in [6.45, 7) is 2.59. The number of rotatable bonds is 4. The van der Waals surface area contributed by atoms with Crippen LogP contribution in [0.1, 0.15) is 10.4 Å². The van der Waals surface area contributed by atoms with E-state index in [1.807, 2.05) is 6.92 Å². The number of hydrogen-bond acceptors (Lipinski definition) is 3. The fourth-order valence-electron chi connectivity index (χ4n) is 1.02. The molecule has 1 atom stereocenters. The van der Waals surface area contributed by atoms with Crippen LogP contribution in [0.3, 0.4) is 0 Å². The molecule has 0 saturated heterocycles. The predicted octanol–water partition coefficient (Wildman–Crippen LogP) is 1.83. The summed E-state index contributed by atoms with van der Waals surface area (Å²) >= 11 is -0.469. The molecule has 1 aromatic rings. The Kier molecular flexibility index (Phi) is 4.05. The van der Waals surface area contributed by atoms with E-state index in [0.717, 1.165) is 16.9 Å². The monoisotopic (exact) mass is 220 g/mol. The molecule has 1 rings (SSSR count). The van der Waals surface area contributed by atoms with Crippen molar-refractivity contribution in [2.24, 2.45) is 0 Å². The van der Waals surface area contributed by atoms with Crippen LogP contribution in [-0.4, -0.2) is 22.5 Å². The van der Waals surface area contributed by atoms with E-state index in [-0.39, 0.29) is 0 Å². The van der Waals surface area contributed by atoms with Gasteiger partial charge in [0.15, 0.2) is 11.1 Å². The predicted molar refractivity (Wildman–Crippen MR) is 53.7 cm³/mol. The zero-order chi connectivity index (χ0) is 9.84. The van der Waals surface area contributed by atoms with Crippen molar-refractivity contribution in [3.63, 3.8) is 0 Å². The Morgan fingerprint density at radius 1 is 1.69 bits per heavy atom. The van der Waals surface area contributed by atoms with Crippen LogP contribution in [0, 0.1) is 6.92 Å². The molecule has 13 heavy (non-hydrogen) atoms. The normalized spacial score (nSPS) is 13.2. The van der Waals surface area contributed by atoms with Gasteiger partial charge in [0.25, 0.3) is 0 Å². The molecule has 1 N–H and O–H groups in total. The first-order valence-corrected chi connectivity index (χ1v) is 5.76. The molecular weight excluding hydrogens is 208 g/mol. The fraction of sp³-hybridized carbons (Fsp3) is 0.500. The van der Waals surface area contributed by atoms with Crippen LogP contribution in [-0.2, 0) is 22.2 Å². The van der Waals surface area contributed by atoms with Crippen LogP contribution in [0.15, 0.2) is 10.3 Å². The van der Waals surface area contributed by atoms with Gasteiger partial charge >= 0.3 is 0 Å². The van der Waals surface area contributed by atoms with E-state index in [4.69, 9.17) is 9.29 Å². The van der Waals surface area contributed by atoms with Crippen molar-refractivity contribution in [1.29, 1.82) is 0 Å². The number of ether oxygens (including phenoxy) is 1. The molecule has 5 heteroatoms. The summed E-state index contributed by atoms with van der Waals surface area (Å²) < 4.78 is 25.0. The lowest BCUT2D eigenvalue weighted by atomic mass is 10.2. The van der Waals surface area contributed by atoms with E-state index in [1.165, 1.54) is 11.3 Å². The van der Waals surface area contributed by atoms with Crippen LogP contribution in [0.25, 0.3) is 0 Å². The minimum absolute atomic E-state index is 0.517. The van der Waals surface area contributed by atoms with E-state index >= 15 is 0 Å². The molecular formula is C8H12O3S2. The minimum Gasteiger partial charge on any atom is -0.384 e. The zero-order valence-electron chi connectivity index (χ0n) is 7.57. The number of thiophene rings is 1. The van der Waals surface area contributed by atoms with Gasteiger partial charge in [0.2, 0.25) is 0 Å². The van der Waals surface area contributed by atoms with Crippen LogP contribution in [0.2, 0.25) is 0 Å². The second-order valence-corrected chi connectivity index (χ2v) is 5.00. The van der Waals surface area contributed by atoms with Crippen LogP contribution in [0.4, 0.5) is 0 Å². The van der Waals surface area contributed by atoms with Gasteiger partial charge in [-0.1, -0.05) is 0 Å². The molecule has 0 aliphatic carbocycles. The lowest BCUT2D eigenvalue weighted by molar-refractivity contribution is 0.203. The molecule has 0 amide bonds. The van der Waals surface area contributed by atoms with Gasteiger partial charge < -0.3 is 9.29 Å². The molecule has 1 unspecified atom stereocenters. The Balaban J connectivity index is 2.77. The maximum Gasteiger partial charge on any atom is 0.196 e. The summed E-state index contributed by atoms with van der Waals surface area (Å²) in [7, 11) is 1.65. The molecule has 0 fully saturated rings. The molecule has 3 nitrogen and oxygen atoms in total. The summed E-state index contributed by atoms with van der Waals surface area (Å²) in [5.74, 6) is 0. The zero-order valence-corrected chi connectivity index (χ0v) is 9.20. The lowest BCUT2D eigenvalue weighted by Crippen LogP contribution is -1.92. The SMILES string of the molecule is COCCc1sc(S(=O)O)cc1C. The number of methoxy groups -OCH3 is 1. The average Bonchev–Trinajstić information content (AvgIpc) is 2.44. The summed E-state index contributed by atoms with van der Waals surface area (Å²) in [5.41, 5.74) is 1.07. The molecule has 74 valence electrons. The highest BCUT2D eigenvalue weighted by atomic mass is 32.2. The summed E-state index contributed by atoms with van der Waals surface area (Å²) in [6.07, 6.45) is 0.810. The van der Waals surface area contributed by atoms with Crippen molar-refractivity contribution >= 4 is 22.4 Å². The molecule has 0 radical (unpaired) electrons. The van der Waals surface area contributed by atoms with Crippen molar-refractivity contribution < 1.29 is 13.5 Å². The number of aryl methyl sites for hydroxylation is 1. The summed E-state index contributed by atoms with van der Waals surface area (Å²) in [6, 6.07) is 1.76. The lowest BCUT2D eigenvalue weighted by Gasteiger charge is -1.96. The largest absolute Gasteiger partial charge is 0.384 e. The van der Waals surface area contributed by atoms with Gasteiger partial charge in [-0.15, -0.1) is 11.3 Å². The van der Waals surface area contributed by atoms with Gasteiger partial charge in [-0.3, -0.25) is 0 Å². The Morgan fingerprint density at radius 3 is 2.85 bits per heavy atom. The van der Waals surface area contributed by atoms with Gasteiger partial charge in [0, 0.05) is 18.4 Å². The van der Waals surface area contributed by atoms with Crippen LogP contribution in [0.5, 0.6) is 0 Å². The van der Waals surface area contributed by atoms with Gasteiger partial charge in [-0.2, -0.15) is 0 Å². The topological polar surface area (TPSA) is 46.5 Å².